The van der Waals surface area contributed by atoms with Crippen molar-refractivity contribution in [1.82, 2.24) is 0 Å². The van der Waals surface area contributed by atoms with Crippen molar-refractivity contribution in [3.8, 4) is 5.75 Å². The molecule has 2 rings (SSSR count). The molecule has 0 radical (unpaired) electrons. The van der Waals surface area contributed by atoms with Gasteiger partial charge < -0.3 is 15.4 Å². The molecule has 1 aromatic carbocycles. The van der Waals surface area contributed by atoms with Crippen LogP contribution in [0.1, 0.15) is 6.92 Å². The van der Waals surface area contributed by atoms with E-state index in [4.69, 9.17) is 4.74 Å². The molecular formula is C10H11BrN2O2. The number of halogens is 1. The Hall–Kier alpha value is -1.23. The first-order chi connectivity index (χ1) is 7.13. The Morgan fingerprint density at radius 3 is 2.87 bits per heavy atom. The molecule has 15 heavy (non-hydrogen) atoms. The molecule has 5 heteroatoms. The van der Waals surface area contributed by atoms with Crippen molar-refractivity contribution in [3.63, 3.8) is 0 Å². The maximum Gasteiger partial charge on any atom is 0.246 e. The lowest BCUT2D eigenvalue weighted by atomic mass is 10.1. The van der Waals surface area contributed by atoms with Gasteiger partial charge in [-0.1, -0.05) is 0 Å². The van der Waals surface area contributed by atoms with Gasteiger partial charge in [-0.05, 0) is 35.0 Å². The van der Waals surface area contributed by atoms with E-state index in [2.05, 4.69) is 26.6 Å². The molecule has 0 aliphatic carbocycles. The zero-order chi connectivity index (χ0) is 11.0. The Kier molecular flexibility index (Phi) is 2.56. The van der Waals surface area contributed by atoms with Crippen LogP contribution in [-0.2, 0) is 4.79 Å². The Balaban J connectivity index is 2.52. The van der Waals surface area contributed by atoms with E-state index in [0.717, 1.165) is 10.2 Å². The molecule has 2 N–H and O–H groups in total. The summed E-state index contributed by atoms with van der Waals surface area (Å²) in [6.07, 6.45) is 0. The molecular weight excluding hydrogens is 260 g/mol. The predicted molar refractivity (Wildman–Crippen MR) is 62.4 cm³/mol. The van der Waals surface area contributed by atoms with Crippen molar-refractivity contribution in [2.24, 2.45) is 0 Å². The van der Waals surface area contributed by atoms with Gasteiger partial charge in [0.1, 0.15) is 11.7 Å². The number of carbonyl (C=O) groups is 1. The first-order valence-corrected chi connectivity index (χ1v) is 5.36. The molecule has 1 aliphatic heterocycles. The highest BCUT2D eigenvalue weighted by atomic mass is 79.9. The summed E-state index contributed by atoms with van der Waals surface area (Å²) in [6.45, 7) is 1.81. The van der Waals surface area contributed by atoms with Crippen molar-refractivity contribution in [3.05, 3.63) is 16.6 Å². The van der Waals surface area contributed by atoms with Crippen molar-refractivity contribution in [2.45, 2.75) is 13.0 Å². The fourth-order valence-corrected chi connectivity index (χ4v) is 2.02. The maximum atomic E-state index is 11.5. The third-order valence-electron chi connectivity index (χ3n) is 2.33. The summed E-state index contributed by atoms with van der Waals surface area (Å²) in [6, 6.07) is 3.57. The van der Waals surface area contributed by atoms with Crippen molar-refractivity contribution < 1.29 is 9.53 Å². The first-order valence-electron chi connectivity index (χ1n) is 4.57. The van der Waals surface area contributed by atoms with Crippen molar-refractivity contribution in [2.75, 3.05) is 17.7 Å². The predicted octanol–water partition coefficient (Wildman–Crippen LogP) is 2.21. The molecule has 0 saturated carbocycles. The highest BCUT2D eigenvalue weighted by Crippen LogP contribution is 2.40. The van der Waals surface area contributed by atoms with Crippen LogP contribution in [0.4, 0.5) is 11.4 Å². The summed E-state index contributed by atoms with van der Waals surface area (Å²) < 4.78 is 6.05. The molecule has 1 amide bonds. The van der Waals surface area contributed by atoms with E-state index in [0.29, 0.717) is 11.4 Å². The third-order valence-corrected chi connectivity index (χ3v) is 2.95. The number of rotatable bonds is 1. The second kappa shape index (κ2) is 3.73. The van der Waals surface area contributed by atoms with E-state index in [9.17, 15) is 4.79 Å². The van der Waals surface area contributed by atoms with Crippen LogP contribution in [0.3, 0.4) is 0 Å². The van der Waals surface area contributed by atoms with Gasteiger partial charge in [0.25, 0.3) is 0 Å². The summed E-state index contributed by atoms with van der Waals surface area (Å²) in [5.74, 6) is 0.583. The summed E-state index contributed by atoms with van der Waals surface area (Å²) in [5.41, 5.74) is 1.57. The minimum absolute atomic E-state index is 0.0566. The highest BCUT2D eigenvalue weighted by Gasteiger charge is 2.24. The molecule has 1 heterocycles. The zero-order valence-electron chi connectivity index (χ0n) is 8.43. The number of nitrogens with one attached hydrogen (secondary N) is 2. The van der Waals surface area contributed by atoms with Crippen LogP contribution in [0.15, 0.2) is 16.6 Å². The van der Waals surface area contributed by atoms with Gasteiger partial charge in [-0.3, -0.25) is 4.79 Å². The van der Waals surface area contributed by atoms with Crippen LogP contribution in [0.5, 0.6) is 5.75 Å². The van der Waals surface area contributed by atoms with Gasteiger partial charge >= 0.3 is 0 Å². The van der Waals surface area contributed by atoms with Gasteiger partial charge in [0, 0.05) is 0 Å². The largest absolute Gasteiger partial charge is 0.493 e. The van der Waals surface area contributed by atoms with E-state index in [1.165, 1.54) is 0 Å². The van der Waals surface area contributed by atoms with E-state index in [-0.39, 0.29) is 11.9 Å². The summed E-state index contributed by atoms with van der Waals surface area (Å²) in [5, 5.41) is 5.91. The Bertz CT molecular complexity index is 420. The van der Waals surface area contributed by atoms with Crippen LogP contribution in [0, 0.1) is 0 Å². The van der Waals surface area contributed by atoms with Crippen LogP contribution in [-0.4, -0.2) is 19.1 Å². The number of methoxy groups -OCH3 is 1. The molecule has 1 aromatic rings. The first kappa shape index (κ1) is 10.3. The minimum atomic E-state index is -0.219. The molecule has 0 spiro atoms. The monoisotopic (exact) mass is 270 g/mol. The summed E-state index contributed by atoms with van der Waals surface area (Å²) in [7, 11) is 1.57. The van der Waals surface area contributed by atoms with Gasteiger partial charge in [-0.25, -0.2) is 0 Å². The SMILES string of the molecule is COc1c(Br)ccc2c1NC(=O)[C@H](C)N2. The molecule has 0 bridgehead atoms. The number of fused-ring (bicyclic) bond motifs is 1. The number of hydrogen-bond acceptors (Lipinski definition) is 3. The van der Waals surface area contributed by atoms with Crippen LogP contribution in [0.25, 0.3) is 0 Å². The fraction of sp³-hybridized carbons (Fsp3) is 0.300. The molecule has 4 nitrogen and oxygen atoms in total. The maximum absolute atomic E-state index is 11.5. The number of anilines is 2. The van der Waals surface area contributed by atoms with Gasteiger partial charge in [-0.2, -0.15) is 0 Å². The number of benzene rings is 1. The molecule has 0 aromatic heterocycles. The minimum Gasteiger partial charge on any atom is -0.493 e. The second-order valence-electron chi connectivity index (χ2n) is 3.36. The molecule has 0 fully saturated rings. The lowest BCUT2D eigenvalue weighted by Gasteiger charge is -2.26. The fourth-order valence-electron chi connectivity index (χ4n) is 1.53. The normalized spacial score (nSPS) is 18.9. The van der Waals surface area contributed by atoms with Gasteiger partial charge in [0.15, 0.2) is 5.75 Å². The van der Waals surface area contributed by atoms with Gasteiger partial charge in [0.05, 0.1) is 17.3 Å². The van der Waals surface area contributed by atoms with E-state index in [1.54, 1.807) is 7.11 Å². The standard InChI is InChI=1S/C10H11BrN2O2/c1-5-10(14)13-8-7(12-5)4-3-6(11)9(8)15-2/h3-5,12H,1-2H3,(H,13,14)/t5-/m0/s1. The Morgan fingerprint density at radius 1 is 1.47 bits per heavy atom. The molecule has 1 atom stereocenters. The number of hydrogen-bond donors (Lipinski definition) is 2. The lowest BCUT2D eigenvalue weighted by Crippen LogP contribution is -2.36. The Labute approximate surface area is 96.1 Å². The van der Waals surface area contributed by atoms with Gasteiger partial charge in [-0.15, -0.1) is 0 Å². The van der Waals surface area contributed by atoms with Crippen LogP contribution < -0.4 is 15.4 Å². The quantitative estimate of drug-likeness (QED) is 0.823. The smallest absolute Gasteiger partial charge is 0.246 e. The van der Waals surface area contributed by atoms with Crippen LogP contribution >= 0.6 is 15.9 Å². The Morgan fingerprint density at radius 2 is 2.20 bits per heavy atom. The zero-order valence-corrected chi connectivity index (χ0v) is 10.0. The second-order valence-corrected chi connectivity index (χ2v) is 4.21. The van der Waals surface area contributed by atoms with E-state index >= 15 is 0 Å². The number of amides is 1. The molecule has 0 unspecified atom stereocenters. The lowest BCUT2D eigenvalue weighted by molar-refractivity contribution is -0.116. The van der Waals surface area contributed by atoms with Crippen molar-refractivity contribution in [1.29, 1.82) is 0 Å². The average Bonchev–Trinajstić information content (AvgIpc) is 2.21. The number of ether oxygens (including phenoxy) is 1. The molecule has 1 aliphatic rings. The van der Waals surface area contributed by atoms with Gasteiger partial charge in [0.2, 0.25) is 5.91 Å². The molecule has 0 saturated heterocycles. The van der Waals surface area contributed by atoms with E-state index < -0.39 is 0 Å². The number of carbonyl (C=O) groups excluding carboxylic acids is 1. The van der Waals surface area contributed by atoms with E-state index in [1.807, 2.05) is 19.1 Å². The summed E-state index contributed by atoms with van der Waals surface area (Å²) in [4.78, 5) is 11.5. The average molecular weight is 271 g/mol. The summed E-state index contributed by atoms with van der Waals surface area (Å²) >= 11 is 3.37. The highest BCUT2D eigenvalue weighted by molar-refractivity contribution is 9.10. The third kappa shape index (κ3) is 1.67. The van der Waals surface area contributed by atoms with Crippen LogP contribution in [0.2, 0.25) is 0 Å². The molecule has 80 valence electrons. The van der Waals surface area contributed by atoms with Crippen molar-refractivity contribution >= 4 is 33.2 Å². The topological polar surface area (TPSA) is 50.4 Å².